The van der Waals surface area contributed by atoms with Crippen molar-refractivity contribution in [3.63, 3.8) is 0 Å². The average molecular weight is 478 g/mol. The van der Waals surface area contributed by atoms with E-state index < -0.39 is 29.2 Å². The van der Waals surface area contributed by atoms with Gasteiger partial charge in [0.2, 0.25) is 0 Å². The van der Waals surface area contributed by atoms with Crippen LogP contribution in [0.4, 0.5) is 29.1 Å². The average Bonchev–Trinajstić information content (AvgIpc) is 3.46. The number of thiazole rings is 1. The number of nitrogens with one attached hydrogen (secondary N) is 2. The minimum absolute atomic E-state index is 0.00589. The van der Waals surface area contributed by atoms with E-state index in [0.717, 1.165) is 12.3 Å². The lowest BCUT2D eigenvalue weighted by atomic mass is 9.97. The number of carbonyl (C=O) groups excluding carboxylic acids is 2. The second kappa shape index (κ2) is 8.22. The summed E-state index contributed by atoms with van der Waals surface area (Å²) in [6, 6.07) is 4.82. The molecule has 1 fully saturated rings. The Morgan fingerprint density at radius 3 is 2.30 bits per heavy atom. The Hall–Kier alpha value is -3.34. The number of anilines is 2. The maximum atomic E-state index is 14.5. The number of alkyl halides is 3. The smallest absolute Gasteiger partial charge is 0.321 e. The molecule has 2 aromatic heterocycles. The Balaban J connectivity index is 1.51. The molecule has 11 heteroatoms. The van der Waals surface area contributed by atoms with Crippen LogP contribution < -0.4 is 10.6 Å². The molecule has 6 nitrogen and oxygen atoms in total. The van der Waals surface area contributed by atoms with Gasteiger partial charge in [-0.05, 0) is 56.0 Å². The Morgan fingerprint density at radius 1 is 1.03 bits per heavy atom. The van der Waals surface area contributed by atoms with Crippen LogP contribution in [0.2, 0.25) is 0 Å². The number of aromatic nitrogens is 2. The maximum Gasteiger partial charge on any atom is 0.398 e. The van der Waals surface area contributed by atoms with E-state index in [4.69, 9.17) is 0 Å². The summed E-state index contributed by atoms with van der Waals surface area (Å²) < 4.78 is 54.2. The van der Waals surface area contributed by atoms with Crippen molar-refractivity contribution in [1.29, 1.82) is 0 Å². The number of amides is 2. The molecule has 2 N–H and O–H groups in total. The van der Waals surface area contributed by atoms with Crippen molar-refractivity contribution in [2.45, 2.75) is 38.3 Å². The van der Waals surface area contributed by atoms with Crippen molar-refractivity contribution in [1.82, 2.24) is 9.97 Å². The highest BCUT2D eigenvalue weighted by Crippen LogP contribution is 2.58. The van der Waals surface area contributed by atoms with Crippen LogP contribution in [0.15, 0.2) is 36.7 Å². The first-order valence-corrected chi connectivity index (χ1v) is 10.7. The molecule has 2 heterocycles. The standard InChI is InChI=1S/C22H18F4N4O2S/c1-11-7-15(23)14(8-16(11)29-20(32)17-10-27-12(2)33-17)19(31)30-18-4-3-13(9-28-18)21(5-6-21)22(24,25)26/h3-4,7-10H,5-6H2,1-2H3,(H,29,32)(H,28,30,31). The van der Waals surface area contributed by atoms with Crippen LogP contribution in [0.3, 0.4) is 0 Å². The van der Waals surface area contributed by atoms with Gasteiger partial charge in [0.1, 0.15) is 16.5 Å². The summed E-state index contributed by atoms with van der Waals surface area (Å²) in [5.41, 5.74) is -1.56. The predicted octanol–water partition coefficient (Wildman–Crippen LogP) is 5.39. The molecular weight excluding hydrogens is 460 g/mol. The molecule has 4 rings (SSSR count). The number of rotatable bonds is 5. The molecular formula is C22H18F4N4O2S. The van der Waals surface area contributed by atoms with Crippen LogP contribution in [-0.2, 0) is 5.41 Å². The zero-order valence-corrected chi connectivity index (χ0v) is 18.3. The summed E-state index contributed by atoms with van der Waals surface area (Å²) in [5.74, 6) is -2.14. The van der Waals surface area contributed by atoms with Gasteiger partial charge in [0.05, 0.1) is 22.2 Å². The van der Waals surface area contributed by atoms with E-state index in [1.54, 1.807) is 13.8 Å². The molecule has 0 radical (unpaired) electrons. The van der Waals surface area contributed by atoms with E-state index >= 15 is 0 Å². The van der Waals surface area contributed by atoms with Gasteiger partial charge in [0.25, 0.3) is 11.8 Å². The van der Waals surface area contributed by atoms with Gasteiger partial charge >= 0.3 is 6.18 Å². The highest BCUT2D eigenvalue weighted by Gasteiger charge is 2.64. The lowest BCUT2D eigenvalue weighted by Crippen LogP contribution is -2.28. The minimum Gasteiger partial charge on any atom is -0.321 e. The Kier molecular flexibility index (Phi) is 5.69. The normalized spacial score (nSPS) is 14.6. The molecule has 3 aromatic rings. The molecule has 0 atom stereocenters. The summed E-state index contributed by atoms with van der Waals surface area (Å²) in [5, 5.41) is 5.72. The molecule has 0 bridgehead atoms. The van der Waals surface area contributed by atoms with Gasteiger partial charge in [-0.15, -0.1) is 11.3 Å². The van der Waals surface area contributed by atoms with Crippen molar-refractivity contribution >= 4 is 34.7 Å². The van der Waals surface area contributed by atoms with Crippen molar-refractivity contribution in [3.8, 4) is 0 Å². The molecule has 0 aliphatic heterocycles. The van der Waals surface area contributed by atoms with Gasteiger partial charge in [0, 0.05) is 11.9 Å². The summed E-state index contributed by atoms with van der Waals surface area (Å²) >= 11 is 1.19. The fourth-order valence-electron chi connectivity index (χ4n) is 3.43. The first-order chi connectivity index (χ1) is 15.5. The third kappa shape index (κ3) is 4.45. The fraction of sp³-hybridized carbons (Fsp3) is 0.273. The van der Waals surface area contributed by atoms with E-state index in [9.17, 15) is 27.2 Å². The fourth-order valence-corrected chi connectivity index (χ4v) is 4.10. The molecule has 33 heavy (non-hydrogen) atoms. The SMILES string of the molecule is Cc1ncc(C(=O)Nc2cc(C(=O)Nc3ccc(C4(C(F)(F)F)CC4)cn3)c(F)cc2C)s1. The highest BCUT2D eigenvalue weighted by atomic mass is 32.1. The summed E-state index contributed by atoms with van der Waals surface area (Å²) in [7, 11) is 0. The lowest BCUT2D eigenvalue weighted by Gasteiger charge is -2.19. The number of hydrogen-bond donors (Lipinski definition) is 2. The Labute approximate surface area is 190 Å². The first-order valence-electron chi connectivity index (χ1n) is 9.89. The molecule has 172 valence electrons. The van der Waals surface area contributed by atoms with Gasteiger partial charge in [-0.1, -0.05) is 6.07 Å². The number of nitrogens with zero attached hydrogens (tertiary/aromatic N) is 2. The Morgan fingerprint density at radius 2 is 1.76 bits per heavy atom. The van der Waals surface area contributed by atoms with Gasteiger partial charge in [-0.2, -0.15) is 13.2 Å². The third-order valence-corrected chi connectivity index (χ3v) is 6.41. The second-order valence-electron chi connectivity index (χ2n) is 7.81. The van der Waals surface area contributed by atoms with Crippen LogP contribution in [0.5, 0.6) is 0 Å². The number of halogens is 4. The largest absolute Gasteiger partial charge is 0.398 e. The molecule has 1 saturated carbocycles. The van der Waals surface area contributed by atoms with E-state index in [-0.39, 0.29) is 35.5 Å². The maximum absolute atomic E-state index is 14.5. The van der Waals surface area contributed by atoms with Crippen LogP contribution in [0, 0.1) is 19.7 Å². The lowest BCUT2D eigenvalue weighted by molar-refractivity contribution is -0.160. The van der Waals surface area contributed by atoms with Crippen LogP contribution in [0.1, 0.15) is 49.0 Å². The van der Waals surface area contributed by atoms with Crippen molar-refractivity contribution in [3.05, 3.63) is 69.1 Å². The quantitative estimate of drug-likeness (QED) is 0.482. The molecule has 1 aliphatic carbocycles. The molecule has 1 aromatic carbocycles. The molecule has 0 spiro atoms. The molecule has 0 unspecified atom stereocenters. The van der Waals surface area contributed by atoms with Gasteiger partial charge in [0.15, 0.2) is 0 Å². The van der Waals surface area contributed by atoms with E-state index in [0.29, 0.717) is 15.4 Å². The summed E-state index contributed by atoms with van der Waals surface area (Å²) in [4.78, 5) is 33.3. The monoisotopic (exact) mass is 478 g/mol. The van der Waals surface area contributed by atoms with Gasteiger partial charge in [-0.25, -0.2) is 14.4 Å². The predicted molar refractivity (Wildman–Crippen MR) is 115 cm³/mol. The summed E-state index contributed by atoms with van der Waals surface area (Å²) in [6.45, 7) is 3.33. The highest BCUT2D eigenvalue weighted by molar-refractivity contribution is 7.13. The van der Waals surface area contributed by atoms with Crippen LogP contribution in [-0.4, -0.2) is 28.0 Å². The number of carbonyl (C=O) groups is 2. The zero-order chi connectivity index (χ0) is 24.0. The summed E-state index contributed by atoms with van der Waals surface area (Å²) in [6.07, 6.45) is -1.89. The number of benzene rings is 1. The number of hydrogen-bond acceptors (Lipinski definition) is 5. The molecule has 2 amide bonds. The van der Waals surface area contributed by atoms with Crippen molar-refractivity contribution in [2.75, 3.05) is 10.6 Å². The van der Waals surface area contributed by atoms with Gasteiger partial charge < -0.3 is 10.6 Å². The Bertz CT molecular complexity index is 1230. The minimum atomic E-state index is -4.37. The van der Waals surface area contributed by atoms with Crippen molar-refractivity contribution in [2.24, 2.45) is 0 Å². The van der Waals surface area contributed by atoms with Crippen molar-refractivity contribution < 1.29 is 27.2 Å². The third-order valence-electron chi connectivity index (χ3n) is 5.50. The van der Waals surface area contributed by atoms with Crippen LogP contribution >= 0.6 is 11.3 Å². The number of pyridine rings is 1. The van der Waals surface area contributed by atoms with E-state index in [2.05, 4.69) is 20.6 Å². The second-order valence-corrected chi connectivity index (χ2v) is 9.05. The zero-order valence-electron chi connectivity index (χ0n) is 17.5. The van der Waals surface area contributed by atoms with Gasteiger partial charge in [-0.3, -0.25) is 9.59 Å². The van der Waals surface area contributed by atoms with E-state index in [1.807, 2.05) is 0 Å². The molecule has 1 aliphatic rings. The number of aryl methyl sites for hydroxylation is 2. The molecule has 0 saturated heterocycles. The van der Waals surface area contributed by atoms with E-state index in [1.165, 1.54) is 35.7 Å². The topological polar surface area (TPSA) is 84.0 Å². The first kappa shape index (κ1) is 22.8. The van der Waals surface area contributed by atoms with Crippen LogP contribution in [0.25, 0.3) is 0 Å².